The fraction of sp³-hybridized carbons (Fsp3) is 0.182. The molecule has 2 aromatic rings. The van der Waals surface area contributed by atoms with Crippen LogP contribution in [0.3, 0.4) is 0 Å². The second-order valence-corrected chi connectivity index (χ2v) is 4.27. The van der Waals surface area contributed by atoms with Gasteiger partial charge in [0.25, 0.3) is 0 Å². The lowest BCUT2D eigenvalue weighted by atomic mass is 10.1. The zero-order chi connectivity index (χ0) is 12.4. The summed E-state index contributed by atoms with van der Waals surface area (Å²) in [6.45, 7) is 1.81. The first-order valence-corrected chi connectivity index (χ1v) is 5.79. The summed E-state index contributed by atoms with van der Waals surface area (Å²) in [7, 11) is 1.27. The standard InChI is InChI=1S/C11H10O5S/c1-7-5-11(12)15-10-6-8(3-4-9(7)10)16-17(13)14-2/h3-6H,1-2H3. The molecule has 0 aliphatic heterocycles. The van der Waals surface area contributed by atoms with Gasteiger partial charge in [0.15, 0.2) is 0 Å². The van der Waals surface area contributed by atoms with Crippen molar-refractivity contribution in [3.63, 3.8) is 0 Å². The van der Waals surface area contributed by atoms with E-state index in [1.165, 1.54) is 19.2 Å². The van der Waals surface area contributed by atoms with Crippen molar-refractivity contribution in [2.75, 3.05) is 7.11 Å². The molecule has 1 unspecified atom stereocenters. The molecule has 0 saturated carbocycles. The lowest BCUT2D eigenvalue weighted by Gasteiger charge is -2.04. The van der Waals surface area contributed by atoms with Gasteiger partial charge in [-0.15, -0.1) is 0 Å². The highest BCUT2D eigenvalue weighted by Crippen LogP contribution is 2.22. The SMILES string of the molecule is COS(=O)Oc1ccc2c(C)cc(=O)oc2c1. The first-order valence-electron chi connectivity index (χ1n) is 4.79. The van der Waals surface area contributed by atoms with E-state index in [1.807, 2.05) is 6.92 Å². The number of benzene rings is 1. The van der Waals surface area contributed by atoms with Gasteiger partial charge in [-0.3, -0.25) is 4.18 Å². The minimum atomic E-state index is -1.85. The molecule has 0 N–H and O–H groups in total. The smallest absolute Gasteiger partial charge is 0.359 e. The fourth-order valence-corrected chi connectivity index (χ4v) is 1.80. The van der Waals surface area contributed by atoms with Gasteiger partial charge in [0, 0.05) is 17.5 Å². The maximum absolute atomic E-state index is 11.2. The Morgan fingerprint density at radius 2 is 2.06 bits per heavy atom. The van der Waals surface area contributed by atoms with Crippen LogP contribution in [-0.2, 0) is 15.5 Å². The molecule has 1 aromatic carbocycles. The summed E-state index contributed by atoms with van der Waals surface area (Å²) >= 11 is -1.85. The van der Waals surface area contributed by atoms with Crippen molar-refractivity contribution in [1.29, 1.82) is 0 Å². The Bertz CT molecular complexity index is 631. The Morgan fingerprint density at radius 3 is 2.76 bits per heavy atom. The molecule has 5 nitrogen and oxygen atoms in total. The van der Waals surface area contributed by atoms with E-state index in [9.17, 15) is 9.00 Å². The Balaban J connectivity index is 2.50. The summed E-state index contributed by atoms with van der Waals surface area (Å²) in [6.07, 6.45) is 0. The second-order valence-electron chi connectivity index (χ2n) is 3.36. The number of rotatable bonds is 3. The number of hydrogen-bond donors (Lipinski definition) is 0. The summed E-state index contributed by atoms with van der Waals surface area (Å²) in [5.41, 5.74) is 0.774. The molecule has 1 atom stereocenters. The average molecular weight is 254 g/mol. The van der Waals surface area contributed by atoms with Crippen LogP contribution in [0.2, 0.25) is 0 Å². The molecule has 0 fully saturated rings. The van der Waals surface area contributed by atoms with Gasteiger partial charge in [-0.25, -0.2) is 4.79 Å². The van der Waals surface area contributed by atoms with Crippen molar-refractivity contribution >= 4 is 22.3 Å². The normalized spacial score (nSPS) is 12.6. The second kappa shape index (κ2) is 4.68. The van der Waals surface area contributed by atoms with E-state index in [0.29, 0.717) is 11.3 Å². The monoisotopic (exact) mass is 254 g/mol. The lowest BCUT2D eigenvalue weighted by Crippen LogP contribution is -2.02. The molecule has 90 valence electrons. The van der Waals surface area contributed by atoms with E-state index < -0.39 is 17.0 Å². The predicted molar refractivity (Wildman–Crippen MR) is 63.0 cm³/mol. The zero-order valence-electron chi connectivity index (χ0n) is 9.26. The lowest BCUT2D eigenvalue weighted by molar-refractivity contribution is 0.383. The Labute approximate surface area is 99.8 Å². The Hall–Kier alpha value is -1.66. The summed E-state index contributed by atoms with van der Waals surface area (Å²) in [5.74, 6) is 0.312. The highest BCUT2D eigenvalue weighted by molar-refractivity contribution is 7.75. The topological polar surface area (TPSA) is 65.7 Å². The van der Waals surface area contributed by atoms with E-state index in [2.05, 4.69) is 4.18 Å². The van der Waals surface area contributed by atoms with Crippen LogP contribution in [0.15, 0.2) is 33.5 Å². The minimum absolute atomic E-state index is 0.312. The van der Waals surface area contributed by atoms with Crippen LogP contribution in [0.1, 0.15) is 5.56 Å². The third kappa shape index (κ3) is 2.54. The van der Waals surface area contributed by atoms with Gasteiger partial charge in [0.1, 0.15) is 11.3 Å². The van der Waals surface area contributed by atoms with Crippen LogP contribution in [0.25, 0.3) is 11.0 Å². The maximum Gasteiger partial charge on any atom is 0.359 e. The number of hydrogen-bond acceptors (Lipinski definition) is 5. The van der Waals surface area contributed by atoms with E-state index in [-0.39, 0.29) is 0 Å². The van der Waals surface area contributed by atoms with Crippen molar-refractivity contribution in [2.24, 2.45) is 0 Å². The third-order valence-electron chi connectivity index (χ3n) is 2.22. The van der Waals surface area contributed by atoms with Crippen LogP contribution in [0.4, 0.5) is 0 Å². The van der Waals surface area contributed by atoms with Crippen LogP contribution in [-0.4, -0.2) is 11.3 Å². The first-order chi connectivity index (χ1) is 8.10. The van der Waals surface area contributed by atoms with Crippen molar-refractivity contribution < 1.29 is 17.0 Å². The summed E-state index contributed by atoms with van der Waals surface area (Å²) < 4.78 is 25.5. The summed E-state index contributed by atoms with van der Waals surface area (Å²) in [4.78, 5) is 11.2. The molecule has 6 heteroatoms. The Morgan fingerprint density at radius 1 is 1.29 bits per heavy atom. The van der Waals surface area contributed by atoms with Crippen molar-refractivity contribution in [3.8, 4) is 5.75 Å². The highest BCUT2D eigenvalue weighted by atomic mass is 32.2. The van der Waals surface area contributed by atoms with Gasteiger partial charge >= 0.3 is 17.0 Å². The molecule has 0 spiro atoms. The zero-order valence-corrected chi connectivity index (χ0v) is 10.1. The van der Waals surface area contributed by atoms with Crippen molar-refractivity contribution in [1.82, 2.24) is 0 Å². The minimum Gasteiger partial charge on any atom is -0.423 e. The van der Waals surface area contributed by atoms with Gasteiger partial charge in [-0.05, 0) is 24.6 Å². The van der Waals surface area contributed by atoms with Gasteiger partial charge in [-0.1, -0.05) is 0 Å². The summed E-state index contributed by atoms with van der Waals surface area (Å²) in [6, 6.07) is 6.28. The molecule has 0 amide bonds. The van der Waals surface area contributed by atoms with E-state index in [4.69, 9.17) is 8.60 Å². The average Bonchev–Trinajstić information content (AvgIpc) is 2.28. The molecule has 1 aromatic heterocycles. The third-order valence-corrected chi connectivity index (χ3v) is 2.82. The molecule has 1 heterocycles. The maximum atomic E-state index is 11.2. The molecule has 17 heavy (non-hydrogen) atoms. The molecule has 0 saturated heterocycles. The van der Waals surface area contributed by atoms with Crippen LogP contribution < -0.4 is 9.81 Å². The Kier molecular flexibility index (Phi) is 3.26. The molecular weight excluding hydrogens is 244 g/mol. The highest BCUT2D eigenvalue weighted by Gasteiger charge is 2.06. The van der Waals surface area contributed by atoms with Crippen molar-refractivity contribution in [2.45, 2.75) is 6.92 Å². The largest absolute Gasteiger partial charge is 0.423 e. The predicted octanol–water partition coefficient (Wildman–Crippen LogP) is 1.71. The molecule has 0 aliphatic rings. The molecular formula is C11H10O5S. The van der Waals surface area contributed by atoms with Crippen LogP contribution in [0, 0.1) is 6.92 Å². The molecule has 0 radical (unpaired) electrons. The van der Waals surface area contributed by atoms with Crippen LogP contribution in [0.5, 0.6) is 5.75 Å². The fourth-order valence-electron chi connectivity index (χ4n) is 1.47. The van der Waals surface area contributed by atoms with Gasteiger partial charge in [0.2, 0.25) is 0 Å². The quantitative estimate of drug-likeness (QED) is 0.780. The number of aryl methyl sites for hydroxylation is 1. The van der Waals surface area contributed by atoms with Crippen molar-refractivity contribution in [3.05, 3.63) is 40.2 Å². The van der Waals surface area contributed by atoms with E-state index >= 15 is 0 Å². The molecule has 0 aliphatic carbocycles. The first kappa shape index (κ1) is 11.8. The summed E-state index contributed by atoms with van der Waals surface area (Å²) in [5, 5.41) is 0.806. The van der Waals surface area contributed by atoms with Gasteiger partial charge in [0.05, 0.1) is 7.11 Å². The van der Waals surface area contributed by atoms with Gasteiger partial charge in [-0.2, -0.15) is 4.21 Å². The van der Waals surface area contributed by atoms with Gasteiger partial charge < -0.3 is 8.60 Å². The van der Waals surface area contributed by atoms with E-state index in [1.54, 1.807) is 12.1 Å². The number of fused-ring (bicyclic) bond motifs is 1. The molecule has 2 rings (SSSR count). The van der Waals surface area contributed by atoms with Crippen LogP contribution >= 0.6 is 0 Å². The molecule has 0 bridgehead atoms. The van der Waals surface area contributed by atoms with E-state index in [0.717, 1.165) is 10.9 Å².